The van der Waals surface area contributed by atoms with E-state index in [2.05, 4.69) is 6.92 Å². The number of fused-ring (bicyclic) bond motifs is 1. The topological polar surface area (TPSA) is 9.23 Å². The molecule has 1 aromatic carbocycles. The number of hydrogen-bond acceptors (Lipinski definition) is 2. The van der Waals surface area contributed by atoms with Crippen LogP contribution < -0.4 is 4.74 Å². The van der Waals surface area contributed by atoms with Crippen LogP contribution in [-0.2, 0) is 6.42 Å². The van der Waals surface area contributed by atoms with Crippen molar-refractivity contribution < 1.29 is 9.13 Å². The normalized spacial score (nSPS) is 10.8. The van der Waals surface area contributed by atoms with Crippen LogP contribution in [0.15, 0.2) is 18.2 Å². The number of thiophene rings is 1. The van der Waals surface area contributed by atoms with Gasteiger partial charge in [-0.25, -0.2) is 0 Å². The highest BCUT2D eigenvalue weighted by atomic mass is 32.1. The molecule has 0 unspecified atom stereocenters. The SMILES string of the molecule is CCc1c(OC)ccc2cc(F)sc12. The van der Waals surface area contributed by atoms with Crippen molar-refractivity contribution in [2.75, 3.05) is 7.11 Å². The van der Waals surface area contributed by atoms with E-state index in [0.29, 0.717) is 0 Å². The van der Waals surface area contributed by atoms with E-state index in [-0.39, 0.29) is 5.13 Å². The molecule has 1 nitrogen and oxygen atoms in total. The second-order valence-corrected chi connectivity index (χ2v) is 4.07. The van der Waals surface area contributed by atoms with Crippen molar-refractivity contribution in [3.05, 3.63) is 28.9 Å². The first-order valence-electron chi connectivity index (χ1n) is 4.51. The zero-order chi connectivity index (χ0) is 10.1. The Balaban J connectivity index is 2.75. The van der Waals surface area contributed by atoms with Crippen LogP contribution in [0.2, 0.25) is 0 Å². The molecule has 2 aromatic rings. The maximum Gasteiger partial charge on any atom is 0.177 e. The van der Waals surface area contributed by atoms with Crippen LogP contribution in [0.3, 0.4) is 0 Å². The van der Waals surface area contributed by atoms with Crippen LogP contribution >= 0.6 is 11.3 Å². The molecule has 1 aromatic heterocycles. The molecule has 0 saturated carbocycles. The maximum atomic E-state index is 13.1. The molecule has 2 rings (SSSR count). The smallest absolute Gasteiger partial charge is 0.177 e. The van der Waals surface area contributed by atoms with E-state index in [9.17, 15) is 4.39 Å². The molecular formula is C11H11FOS. The molecule has 0 aliphatic rings. The van der Waals surface area contributed by atoms with Crippen molar-refractivity contribution in [1.29, 1.82) is 0 Å². The lowest BCUT2D eigenvalue weighted by molar-refractivity contribution is 0.411. The van der Waals surface area contributed by atoms with Crippen molar-refractivity contribution in [3.8, 4) is 5.75 Å². The van der Waals surface area contributed by atoms with Crippen LogP contribution in [0.1, 0.15) is 12.5 Å². The third-order valence-electron chi connectivity index (χ3n) is 2.29. The van der Waals surface area contributed by atoms with Gasteiger partial charge in [-0.15, -0.1) is 11.3 Å². The lowest BCUT2D eigenvalue weighted by atomic mass is 10.1. The van der Waals surface area contributed by atoms with Crippen molar-refractivity contribution >= 4 is 21.4 Å². The first kappa shape index (κ1) is 9.46. The number of rotatable bonds is 2. The first-order valence-corrected chi connectivity index (χ1v) is 5.32. The van der Waals surface area contributed by atoms with Gasteiger partial charge in [-0.1, -0.05) is 6.92 Å². The molecule has 14 heavy (non-hydrogen) atoms. The summed E-state index contributed by atoms with van der Waals surface area (Å²) in [4.78, 5) is 0. The standard InChI is InChI=1S/C11H11FOS/c1-3-8-9(13-2)5-4-7-6-10(12)14-11(7)8/h4-6H,3H2,1-2H3. The molecule has 1 heterocycles. The number of ether oxygens (including phenoxy) is 1. The lowest BCUT2D eigenvalue weighted by Crippen LogP contribution is -1.89. The Hall–Kier alpha value is -1.09. The van der Waals surface area contributed by atoms with Gasteiger partial charge in [0.25, 0.3) is 0 Å². The van der Waals surface area contributed by atoms with Gasteiger partial charge in [0.05, 0.1) is 7.11 Å². The lowest BCUT2D eigenvalue weighted by Gasteiger charge is -2.06. The van der Waals surface area contributed by atoms with E-state index in [4.69, 9.17) is 4.74 Å². The van der Waals surface area contributed by atoms with Crippen molar-refractivity contribution in [3.63, 3.8) is 0 Å². The molecule has 3 heteroatoms. The highest BCUT2D eigenvalue weighted by Crippen LogP contribution is 2.33. The van der Waals surface area contributed by atoms with Gasteiger partial charge in [0, 0.05) is 10.3 Å². The zero-order valence-electron chi connectivity index (χ0n) is 8.13. The molecular weight excluding hydrogens is 199 g/mol. The fourth-order valence-electron chi connectivity index (χ4n) is 1.64. The van der Waals surface area contributed by atoms with Gasteiger partial charge < -0.3 is 4.74 Å². The van der Waals surface area contributed by atoms with Crippen molar-refractivity contribution in [2.24, 2.45) is 0 Å². The predicted octanol–water partition coefficient (Wildman–Crippen LogP) is 3.61. The molecule has 0 aliphatic carbocycles. The molecule has 0 aliphatic heterocycles. The molecule has 0 atom stereocenters. The van der Waals surface area contributed by atoms with Crippen LogP contribution in [0.5, 0.6) is 5.75 Å². The molecule has 0 bridgehead atoms. The summed E-state index contributed by atoms with van der Waals surface area (Å²) in [6, 6.07) is 5.36. The van der Waals surface area contributed by atoms with E-state index in [0.717, 1.165) is 27.8 Å². The average Bonchev–Trinajstić information content (AvgIpc) is 2.56. The van der Waals surface area contributed by atoms with Gasteiger partial charge in [0.1, 0.15) is 5.75 Å². The summed E-state index contributed by atoms with van der Waals surface area (Å²) in [6.07, 6.45) is 0.862. The molecule has 0 radical (unpaired) electrons. The third-order valence-corrected chi connectivity index (χ3v) is 3.29. The molecule has 0 saturated heterocycles. The Labute approximate surface area is 86.1 Å². The molecule has 0 N–H and O–H groups in total. The van der Waals surface area contributed by atoms with E-state index < -0.39 is 0 Å². The van der Waals surface area contributed by atoms with Gasteiger partial charge in [-0.05, 0) is 30.0 Å². The summed E-state index contributed by atoms with van der Waals surface area (Å²) in [5.74, 6) is 0.849. The van der Waals surface area contributed by atoms with Gasteiger partial charge in [0.2, 0.25) is 0 Å². The van der Waals surface area contributed by atoms with Crippen LogP contribution in [0.25, 0.3) is 10.1 Å². The molecule has 74 valence electrons. The average molecular weight is 210 g/mol. The minimum Gasteiger partial charge on any atom is -0.496 e. The maximum absolute atomic E-state index is 13.1. The fourth-order valence-corrected chi connectivity index (χ4v) is 2.63. The summed E-state index contributed by atoms with van der Waals surface area (Å²) in [7, 11) is 1.64. The number of hydrogen-bond donors (Lipinski definition) is 0. The van der Waals surface area contributed by atoms with Gasteiger partial charge >= 0.3 is 0 Å². The van der Waals surface area contributed by atoms with Crippen LogP contribution in [0, 0.1) is 5.13 Å². The molecule has 0 fully saturated rings. The Bertz CT molecular complexity index is 462. The second-order valence-electron chi connectivity index (χ2n) is 3.07. The third kappa shape index (κ3) is 1.38. The number of halogens is 1. The van der Waals surface area contributed by atoms with Crippen molar-refractivity contribution in [2.45, 2.75) is 13.3 Å². The highest BCUT2D eigenvalue weighted by Gasteiger charge is 2.09. The Morgan fingerprint density at radius 2 is 2.21 bits per heavy atom. The summed E-state index contributed by atoms with van der Waals surface area (Å²) >= 11 is 1.19. The summed E-state index contributed by atoms with van der Waals surface area (Å²) in [5.41, 5.74) is 1.10. The molecule has 0 amide bonds. The van der Waals surface area contributed by atoms with Crippen molar-refractivity contribution in [1.82, 2.24) is 0 Å². The van der Waals surface area contributed by atoms with Crippen LogP contribution in [-0.4, -0.2) is 7.11 Å². The summed E-state index contributed by atoms with van der Waals surface area (Å²) < 4.78 is 19.3. The quantitative estimate of drug-likeness (QED) is 0.735. The largest absolute Gasteiger partial charge is 0.496 e. The number of aryl methyl sites for hydroxylation is 1. The fraction of sp³-hybridized carbons (Fsp3) is 0.273. The number of methoxy groups -OCH3 is 1. The minimum atomic E-state index is -0.136. The predicted molar refractivity (Wildman–Crippen MR) is 57.7 cm³/mol. The summed E-state index contributed by atoms with van der Waals surface area (Å²) in [6.45, 7) is 2.05. The second kappa shape index (κ2) is 3.58. The molecule has 0 spiro atoms. The zero-order valence-corrected chi connectivity index (χ0v) is 8.95. The van der Waals surface area contributed by atoms with Gasteiger partial charge in [-0.3, -0.25) is 0 Å². The first-order chi connectivity index (χ1) is 6.76. The Morgan fingerprint density at radius 1 is 1.43 bits per heavy atom. The van der Waals surface area contributed by atoms with Gasteiger partial charge in [-0.2, -0.15) is 4.39 Å². The van der Waals surface area contributed by atoms with Gasteiger partial charge in [0.15, 0.2) is 5.13 Å². The Morgan fingerprint density at radius 3 is 2.86 bits per heavy atom. The van der Waals surface area contributed by atoms with E-state index in [1.165, 1.54) is 11.3 Å². The summed E-state index contributed by atoms with van der Waals surface area (Å²) in [5, 5.41) is 0.827. The number of benzene rings is 1. The van der Waals surface area contributed by atoms with E-state index >= 15 is 0 Å². The van der Waals surface area contributed by atoms with E-state index in [1.54, 1.807) is 13.2 Å². The highest BCUT2D eigenvalue weighted by molar-refractivity contribution is 7.17. The van der Waals surface area contributed by atoms with E-state index in [1.807, 2.05) is 12.1 Å². The monoisotopic (exact) mass is 210 g/mol. The minimum absolute atomic E-state index is 0.136. The van der Waals surface area contributed by atoms with Crippen LogP contribution in [0.4, 0.5) is 4.39 Å². The Kier molecular flexibility index (Phi) is 2.42.